The molecule has 2 rings (SSSR count). The summed E-state index contributed by atoms with van der Waals surface area (Å²) in [4.78, 5) is 0. The van der Waals surface area contributed by atoms with Crippen molar-refractivity contribution in [1.29, 1.82) is 0 Å². The predicted molar refractivity (Wildman–Crippen MR) is 60.0 cm³/mol. The lowest BCUT2D eigenvalue weighted by Gasteiger charge is -2.04. The van der Waals surface area contributed by atoms with E-state index in [1.807, 2.05) is 29.9 Å². The maximum absolute atomic E-state index is 9.61. The summed E-state index contributed by atoms with van der Waals surface area (Å²) in [5, 5.41) is 20.1. The van der Waals surface area contributed by atoms with Gasteiger partial charge >= 0.3 is 0 Å². The Balaban J connectivity index is 2.68. The summed E-state index contributed by atoms with van der Waals surface area (Å²) in [6.45, 7) is -0.276. The van der Waals surface area contributed by atoms with Gasteiger partial charge in [-0.3, -0.25) is 0 Å². The molecule has 80 valence electrons. The number of fused-ring (bicyclic) bond motifs is 1. The molecule has 0 spiro atoms. The van der Waals surface area contributed by atoms with Gasteiger partial charge in [-0.1, -0.05) is 17.7 Å². The Morgan fingerprint density at radius 3 is 2.87 bits per heavy atom. The zero-order chi connectivity index (χ0) is 11.0. The number of aliphatic hydroxyl groups excluding tert-OH is 2. The SMILES string of the molecule is Cn1cc(C(O)CO)c2ccc(Cl)cc21. The number of hydrogen-bond donors (Lipinski definition) is 2. The Bertz CT molecular complexity index is 493. The van der Waals surface area contributed by atoms with E-state index < -0.39 is 6.10 Å². The lowest BCUT2D eigenvalue weighted by Crippen LogP contribution is -2.01. The number of benzene rings is 1. The molecule has 1 unspecified atom stereocenters. The first-order chi connectivity index (χ1) is 7.13. The van der Waals surface area contributed by atoms with Crippen molar-refractivity contribution in [2.45, 2.75) is 6.10 Å². The molecule has 1 aromatic heterocycles. The molecule has 0 saturated heterocycles. The van der Waals surface area contributed by atoms with Gasteiger partial charge in [0.1, 0.15) is 6.10 Å². The molecular formula is C11H12ClNO2. The monoisotopic (exact) mass is 225 g/mol. The van der Waals surface area contributed by atoms with Gasteiger partial charge < -0.3 is 14.8 Å². The van der Waals surface area contributed by atoms with E-state index in [9.17, 15) is 5.11 Å². The molecule has 0 saturated carbocycles. The summed E-state index contributed by atoms with van der Waals surface area (Å²) in [7, 11) is 1.88. The van der Waals surface area contributed by atoms with Crippen LogP contribution in [-0.4, -0.2) is 21.4 Å². The minimum absolute atomic E-state index is 0.276. The van der Waals surface area contributed by atoms with Crippen LogP contribution in [0.5, 0.6) is 0 Å². The van der Waals surface area contributed by atoms with Gasteiger partial charge in [-0.15, -0.1) is 0 Å². The fraction of sp³-hybridized carbons (Fsp3) is 0.273. The van der Waals surface area contributed by atoms with Crippen LogP contribution in [0.2, 0.25) is 5.02 Å². The fourth-order valence-corrected chi connectivity index (χ4v) is 1.92. The quantitative estimate of drug-likeness (QED) is 0.820. The molecule has 0 radical (unpaired) electrons. The molecule has 4 heteroatoms. The van der Waals surface area contributed by atoms with E-state index in [1.165, 1.54) is 0 Å². The topological polar surface area (TPSA) is 45.4 Å². The Morgan fingerprint density at radius 2 is 2.20 bits per heavy atom. The standard InChI is InChI=1S/C11H12ClNO2/c1-13-5-9(11(15)6-14)8-3-2-7(12)4-10(8)13/h2-5,11,14-15H,6H2,1H3. The van der Waals surface area contributed by atoms with E-state index >= 15 is 0 Å². The number of rotatable bonds is 2. The highest BCUT2D eigenvalue weighted by molar-refractivity contribution is 6.31. The zero-order valence-electron chi connectivity index (χ0n) is 8.31. The maximum atomic E-state index is 9.61. The average molecular weight is 226 g/mol. The van der Waals surface area contributed by atoms with Gasteiger partial charge in [0.15, 0.2) is 0 Å². The minimum Gasteiger partial charge on any atom is -0.393 e. The largest absolute Gasteiger partial charge is 0.393 e. The fourth-order valence-electron chi connectivity index (χ4n) is 1.75. The molecule has 1 aromatic carbocycles. The van der Waals surface area contributed by atoms with E-state index in [4.69, 9.17) is 16.7 Å². The highest BCUT2D eigenvalue weighted by atomic mass is 35.5. The lowest BCUT2D eigenvalue weighted by molar-refractivity contribution is 0.0966. The molecule has 1 atom stereocenters. The van der Waals surface area contributed by atoms with Gasteiger partial charge in [0.05, 0.1) is 6.61 Å². The lowest BCUT2D eigenvalue weighted by atomic mass is 10.1. The van der Waals surface area contributed by atoms with E-state index in [1.54, 1.807) is 6.07 Å². The van der Waals surface area contributed by atoms with Gasteiger partial charge in [0.25, 0.3) is 0 Å². The number of aromatic nitrogens is 1. The van der Waals surface area contributed by atoms with Gasteiger partial charge in [-0.25, -0.2) is 0 Å². The summed E-state index contributed by atoms with van der Waals surface area (Å²) < 4.78 is 1.88. The summed E-state index contributed by atoms with van der Waals surface area (Å²) in [6.07, 6.45) is 0.969. The Morgan fingerprint density at radius 1 is 1.47 bits per heavy atom. The molecule has 1 heterocycles. The van der Waals surface area contributed by atoms with Crippen molar-refractivity contribution in [3.63, 3.8) is 0 Å². The van der Waals surface area contributed by atoms with Crippen molar-refractivity contribution in [2.24, 2.45) is 7.05 Å². The maximum Gasteiger partial charge on any atom is 0.104 e. The van der Waals surface area contributed by atoms with Crippen LogP contribution >= 0.6 is 11.6 Å². The van der Waals surface area contributed by atoms with Gasteiger partial charge in [0, 0.05) is 34.7 Å². The number of halogens is 1. The molecule has 2 N–H and O–H groups in total. The van der Waals surface area contributed by atoms with E-state index in [-0.39, 0.29) is 6.61 Å². The van der Waals surface area contributed by atoms with E-state index in [0.717, 1.165) is 16.5 Å². The summed E-state index contributed by atoms with van der Waals surface area (Å²) in [5.74, 6) is 0. The second kappa shape index (κ2) is 3.85. The smallest absolute Gasteiger partial charge is 0.104 e. The molecule has 15 heavy (non-hydrogen) atoms. The molecule has 0 bridgehead atoms. The van der Waals surface area contributed by atoms with Crippen LogP contribution in [0.3, 0.4) is 0 Å². The molecule has 3 nitrogen and oxygen atoms in total. The second-order valence-corrected chi connectivity index (χ2v) is 3.99. The first kappa shape index (κ1) is 10.5. The second-order valence-electron chi connectivity index (χ2n) is 3.56. The predicted octanol–water partition coefficient (Wildman–Crippen LogP) is 1.86. The third kappa shape index (κ3) is 1.74. The van der Waals surface area contributed by atoms with Gasteiger partial charge in [0.2, 0.25) is 0 Å². The number of hydrogen-bond acceptors (Lipinski definition) is 2. The third-order valence-electron chi connectivity index (χ3n) is 2.52. The van der Waals surface area contributed by atoms with Gasteiger partial charge in [-0.2, -0.15) is 0 Å². The highest BCUT2D eigenvalue weighted by Crippen LogP contribution is 2.27. The van der Waals surface area contributed by atoms with Crippen molar-refractivity contribution in [1.82, 2.24) is 4.57 Å². The van der Waals surface area contributed by atoms with Crippen molar-refractivity contribution < 1.29 is 10.2 Å². The summed E-state index contributed by atoms with van der Waals surface area (Å²) in [6, 6.07) is 5.47. The Labute approximate surface area is 92.5 Å². The molecular weight excluding hydrogens is 214 g/mol. The van der Waals surface area contributed by atoms with Crippen molar-refractivity contribution in [2.75, 3.05) is 6.61 Å². The molecule has 0 aliphatic carbocycles. The van der Waals surface area contributed by atoms with Crippen LogP contribution in [0.1, 0.15) is 11.7 Å². The van der Waals surface area contributed by atoms with Crippen LogP contribution in [0.4, 0.5) is 0 Å². The molecule has 0 aliphatic heterocycles. The number of nitrogens with zero attached hydrogens (tertiary/aromatic N) is 1. The van der Waals surface area contributed by atoms with Crippen LogP contribution in [0.15, 0.2) is 24.4 Å². The van der Waals surface area contributed by atoms with Crippen LogP contribution in [0, 0.1) is 0 Å². The average Bonchev–Trinajstić information content (AvgIpc) is 2.55. The normalized spacial score (nSPS) is 13.3. The van der Waals surface area contributed by atoms with Crippen molar-refractivity contribution in [3.05, 3.63) is 35.0 Å². The Hall–Kier alpha value is -1.03. The first-order valence-electron chi connectivity index (χ1n) is 4.67. The van der Waals surface area contributed by atoms with Crippen molar-refractivity contribution in [3.8, 4) is 0 Å². The summed E-state index contributed by atoms with van der Waals surface area (Å²) in [5.41, 5.74) is 1.68. The van der Waals surface area contributed by atoms with Crippen LogP contribution in [0.25, 0.3) is 10.9 Å². The van der Waals surface area contributed by atoms with Crippen molar-refractivity contribution >= 4 is 22.5 Å². The zero-order valence-corrected chi connectivity index (χ0v) is 9.07. The van der Waals surface area contributed by atoms with E-state index in [0.29, 0.717) is 5.02 Å². The van der Waals surface area contributed by atoms with Crippen LogP contribution in [-0.2, 0) is 7.05 Å². The van der Waals surface area contributed by atoms with E-state index in [2.05, 4.69) is 0 Å². The third-order valence-corrected chi connectivity index (χ3v) is 2.75. The Kier molecular flexibility index (Phi) is 2.69. The molecule has 2 aromatic rings. The highest BCUT2D eigenvalue weighted by Gasteiger charge is 2.13. The summed E-state index contributed by atoms with van der Waals surface area (Å²) >= 11 is 5.89. The molecule has 0 fully saturated rings. The number of aryl methyl sites for hydroxylation is 1. The molecule has 0 amide bonds. The van der Waals surface area contributed by atoms with Crippen LogP contribution < -0.4 is 0 Å². The first-order valence-corrected chi connectivity index (χ1v) is 5.04. The van der Waals surface area contributed by atoms with Gasteiger partial charge in [-0.05, 0) is 12.1 Å². The minimum atomic E-state index is -0.838. The number of aliphatic hydroxyl groups is 2. The molecule has 0 aliphatic rings.